The largest absolute Gasteiger partial charge is 0.416 e. The van der Waals surface area contributed by atoms with Gasteiger partial charge in [-0.05, 0) is 94.4 Å². The molecule has 0 aliphatic heterocycles. The molecule has 7 rings (SSSR count). The van der Waals surface area contributed by atoms with Gasteiger partial charge in [-0.1, -0.05) is 12.1 Å². The fourth-order valence-corrected chi connectivity index (χ4v) is 7.51. The molecule has 4 N–H and O–H groups in total. The number of aryl methyl sites for hydroxylation is 1. The normalized spacial score (nSPS) is 20.3. The van der Waals surface area contributed by atoms with Crippen molar-refractivity contribution in [3.8, 4) is 10.6 Å². The average molecular weight is 665 g/mol. The monoisotopic (exact) mass is 664 g/mol. The molecule has 3 atom stereocenters. The standard InChI is InChI=1S/C34H39F3N8OS/c1-18(22-6-7-22)41-32-42-19(2)27(31-44-29-26(47-31)13-14-38-28(29)23-8-9-23)30(45-32)39-17-21-5-12-25(15-21)43-33(46)40-16-20-3-10-24(11-4-20)34(35,36)37/h3-4,10-11,13-14,18,21-23,25H,5-9,12,15-17H2,1-2H3,(H2,40,43,46)(H2,39,41,42,45)/t18-,21+,25-/m1/s1. The minimum Gasteiger partial charge on any atom is -0.369 e. The lowest BCUT2D eigenvalue weighted by Crippen LogP contribution is -2.40. The van der Waals surface area contributed by atoms with Crippen molar-refractivity contribution in [1.29, 1.82) is 0 Å². The van der Waals surface area contributed by atoms with Gasteiger partial charge in [-0.15, -0.1) is 11.3 Å². The number of benzene rings is 1. The molecule has 248 valence electrons. The van der Waals surface area contributed by atoms with E-state index in [1.807, 2.05) is 19.2 Å². The van der Waals surface area contributed by atoms with Gasteiger partial charge in [-0.2, -0.15) is 18.2 Å². The second kappa shape index (κ2) is 12.9. The molecule has 3 saturated carbocycles. The van der Waals surface area contributed by atoms with Gasteiger partial charge in [0.25, 0.3) is 0 Å². The number of alkyl halides is 3. The van der Waals surface area contributed by atoms with E-state index in [4.69, 9.17) is 15.0 Å². The molecule has 3 fully saturated rings. The molecule has 2 amide bonds. The third kappa shape index (κ3) is 7.45. The summed E-state index contributed by atoms with van der Waals surface area (Å²) in [6.07, 6.45) is 4.86. The number of urea groups is 1. The molecule has 3 heterocycles. The van der Waals surface area contributed by atoms with Gasteiger partial charge in [0, 0.05) is 37.3 Å². The van der Waals surface area contributed by atoms with Crippen LogP contribution in [0.2, 0.25) is 0 Å². The zero-order chi connectivity index (χ0) is 32.7. The maximum Gasteiger partial charge on any atom is 0.416 e. The van der Waals surface area contributed by atoms with E-state index in [9.17, 15) is 18.0 Å². The number of nitrogens with one attached hydrogen (secondary N) is 4. The van der Waals surface area contributed by atoms with Crippen molar-refractivity contribution in [2.75, 3.05) is 17.2 Å². The number of hydrogen-bond donors (Lipinski definition) is 4. The fourth-order valence-electron chi connectivity index (χ4n) is 6.44. The number of halogens is 3. The molecule has 0 unspecified atom stereocenters. The Morgan fingerprint density at radius 2 is 1.81 bits per heavy atom. The Morgan fingerprint density at radius 3 is 2.53 bits per heavy atom. The zero-order valence-corrected chi connectivity index (χ0v) is 27.3. The van der Waals surface area contributed by atoms with Crippen LogP contribution >= 0.6 is 11.3 Å². The van der Waals surface area contributed by atoms with E-state index in [-0.39, 0.29) is 18.6 Å². The van der Waals surface area contributed by atoms with Gasteiger partial charge in [0.15, 0.2) is 0 Å². The molecule has 3 aliphatic rings. The van der Waals surface area contributed by atoms with Crippen LogP contribution in [0.5, 0.6) is 0 Å². The number of amides is 2. The van der Waals surface area contributed by atoms with Crippen LogP contribution in [0.4, 0.5) is 29.7 Å². The molecule has 13 heteroatoms. The van der Waals surface area contributed by atoms with Crippen LogP contribution in [-0.2, 0) is 12.7 Å². The summed E-state index contributed by atoms with van der Waals surface area (Å²) < 4.78 is 39.6. The topological polar surface area (TPSA) is 117 Å². The first-order valence-corrected chi connectivity index (χ1v) is 17.3. The summed E-state index contributed by atoms with van der Waals surface area (Å²) in [5, 5.41) is 13.8. The maximum absolute atomic E-state index is 12.8. The molecule has 0 radical (unpaired) electrons. The van der Waals surface area contributed by atoms with Gasteiger partial charge in [0.05, 0.1) is 27.2 Å². The van der Waals surface area contributed by atoms with Crippen molar-refractivity contribution in [2.45, 2.75) is 89.5 Å². The molecule has 47 heavy (non-hydrogen) atoms. The first-order valence-electron chi connectivity index (χ1n) is 16.5. The molecular weight excluding hydrogens is 625 g/mol. The highest BCUT2D eigenvalue weighted by Gasteiger charge is 2.32. The molecule has 9 nitrogen and oxygen atoms in total. The number of anilines is 2. The first-order chi connectivity index (χ1) is 22.6. The van der Waals surface area contributed by atoms with E-state index in [0.717, 1.165) is 82.2 Å². The summed E-state index contributed by atoms with van der Waals surface area (Å²) in [7, 11) is 0. The van der Waals surface area contributed by atoms with Crippen LogP contribution in [0, 0.1) is 18.8 Å². The Balaban J connectivity index is 1.01. The van der Waals surface area contributed by atoms with Crippen LogP contribution in [0.25, 0.3) is 20.8 Å². The molecule has 0 saturated heterocycles. The van der Waals surface area contributed by atoms with Gasteiger partial charge in [-0.3, -0.25) is 4.98 Å². The summed E-state index contributed by atoms with van der Waals surface area (Å²) in [5.41, 5.74) is 3.73. The number of aromatic nitrogens is 4. The number of carbonyl (C=O) groups excluding carboxylic acids is 1. The smallest absolute Gasteiger partial charge is 0.369 e. The molecule has 4 aromatic rings. The van der Waals surface area contributed by atoms with Gasteiger partial charge < -0.3 is 21.3 Å². The number of thiazole rings is 1. The van der Waals surface area contributed by atoms with Crippen molar-refractivity contribution >= 4 is 39.4 Å². The number of hydrogen-bond acceptors (Lipinski definition) is 8. The van der Waals surface area contributed by atoms with Crippen molar-refractivity contribution in [3.05, 3.63) is 59.0 Å². The number of carbonyl (C=O) groups is 1. The fraction of sp³-hybridized carbons (Fsp3) is 0.500. The Bertz CT molecular complexity index is 1750. The summed E-state index contributed by atoms with van der Waals surface area (Å²) in [6, 6.07) is 6.84. The van der Waals surface area contributed by atoms with Crippen LogP contribution in [0.3, 0.4) is 0 Å². The number of rotatable bonds is 11. The molecule has 0 spiro atoms. The van der Waals surface area contributed by atoms with Crippen LogP contribution in [-0.4, -0.2) is 44.6 Å². The minimum absolute atomic E-state index is 0.00948. The molecule has 0 bridgehead atoms. The Morgan fingerprint density at radius 1 is 1.02 bits per heavy atom. The zero-order valence-electron chi connectivity index (χ0n) is 26.5. The predicted molar refractivity (Wildman–Crippen MR) is 177 cm³/mol. The molecular formula is C34H39F3N8OS. The predicted octanol–water partition coefficient (Wildman–Crippen LogP) is 7.64. The van der Waals surface area contributed by atoms with Gasteiger partial charge in [-0.25, -0.2) is 14.8 Å². The summed E-state index contributed by atoms with van der Waals surface area (Å²) >= 11 is 1.65. The number of pyridine rings is 1. The highest BCUT2D eigenvalue weighted by molar-refractivity contribution is 7.21. The maximum atomic E-state index is 12.8. The van der Waals surface area contributed by atoms with E-state index in [0.29, 0.717) is 41.9 Å². The lowest BCUT2D eigenvalue weighted by atomic mass is 10.1. The Labute approximate surface area is 275 Å². The van der Waals surface area contributed by atoms with Crippen molar-refractivity contribution in [2.24, 2.45) is 11.8 Å². The lowest BCUT2D eigenvalue weighted by Gasteiger charge is -2.19. The van der Waals surface area contributed by atoms with Crippen molar-refractivity contribution in [1.82, 2.24) is 30.6 Å². The van der Waals surface area contributed by atoms with Crippen molar-refractivity contribution < 1.29 is 18.0 Å². The first kappa shape index (κ1) is 31.6. The second-order valence-corrected chi connectivity index (χ2v) is 14.3. The minimum atomic E-state index is -4.38. The molecule has 1 aromatic carbocycles. The Hall–Kier alpha value is -4.00. The Kier molecular flexibility index (Phi) is 8.67. The third-order valence-electron chi connectivity index (χ3n) is 9.46. The highest BCUT2D eigenvalue weighted by atomic mass is 32.1. The van der Waals surface area contributed by atoms with E-state index in [1.165, 1.54) is 25.0 Å². The van der Waals surface area contributed by atoms with Gasteiger partial charge >= 0.3 is 12.2 Å². The van der Waals surface area contributed by atoms with Crippen LogP contribution in [0.1, 0.15) is 80.3 Å². The number of fused-ring (bicyclic) bond motifs is 1. The molecule has 3 aromatic heterocycles. The summed E-state index contributed by atoms with van der Waals surface area (Å²) in [4.78, 5) is 32.2. The van der Waals surface area contributed by atoms with E-state index >= 15 is 0 Å². The van der Waals surface area contributed by atoms with Gasteiger partial charge in [0.1, 0.15) is 16.3 Å². The third-order valence-corrected chi connectivity index (χ3v) is 10.5. The van der Waals surface area contributed by atoms with E-state index in [1.54, 1.807) is 11.3 Å². The van der Waals surface area contributed by atoms with Crippen LogP contribution in [0.15, 0.2) is 36.5 Å². The number of nitrogens with zero attached hydrogens (tertiary/aromatic N) is 4. The molecule has 3 aliphatic carbocycles. The summed E-state index contributed by atoms with van der Waals surface area (Å²) in [5.74, 6) is 2.85. The van der Waals surface area contributed by atoms with Crippen LogP contribution < -0.4 is 21.3 Å². The lowest BCUT2D eigenvalue weighted by molar-refractivity contribution is -0.137. The van der Waals surface area contributed by atoms with Crippen molar-refractivity contribution in [3.63, 3.8) is 0 Å². The SMILES string of the molecule is Cc1nc(N[C@H](C)C2CC2)nc(NC[C@H]2CC[C@@H](NC(=O)NCc3ccc(C(F)(F)F)cc3)C2)c1-c1nc2c(C3CC3)nccc2s1. The van der Waals surface area contributed by atoms with Gasteiger partial charge in [0.2, 0.25) is 5.95 Å². The van der Waals surface area contributed by atoms with E-state index in [2.05, 4.69) is 33.2 Å². The second-order valence-electron chi connectivity index (χ2n) is 13.2. The quantitative estimate of drug-likeness (QED) is 0.130. The van der Waals surface area contributed by atoms with E-state index < -0.39 is 11.7 Å². The summed E-state index contributed by atoms with van der Waals surface area (Å²) in [6.45, 7) is 5.03. The average Bonchev–Trinajstić information content (AvgIpc) is 3.97. The highest BCUT2D eigenvalue weighted by Crippen LogP contribution is 2.44.